The third kappa shape index (κ3) is 14.9. The van der Waals surface area contributed by atoms with Crippen LogP contribution in [0.2, 0.25) is 0 Å². The summed E-state index contributed by atoms with van der Waals surface area (Å²) in [5, 5.41) is 23.5. The summed E-state index contributed by atoms with van der Waals surface area (Å²) in [6.45, 7) is 9.87. The molecule has 2 aliphatic rings. The number of thiophene rings is 1. The lowest BCUT2D eigenvalue weighted by molar-refractivity contribution is -0.193. The molecular weight excluding hydrogens is 721 g/mol. The lowest BCUT2D eigenvalue weighted by atomic mass is 9.75. The second kappa shape index (κ2) is 18.9. The van der Waals surface area contributed by atoms with E-state index in [1.165, 1.54) is 4.88 Å². The van der Waals surface area contributed by atoms with Gasteiger partial charge in [0.25, 0.3) is 0 Å². The number of fused-ring (bicyclic) bond motifs is 1. The van der Waals surface area contributed by atoms with Crippen LogP contribution in [-0.2, 0) is 37.0 Å². The van der Waals surface area contributed by atoms with Gasteiger partial charge in [-0.2, -0.15) is 39.5 Å². The third-order valence-corrected chi connectivity index (χ3v) is 7.90. The van der Waals surface area contributed by atoms with Crippen molar-refractivity contribution < 1.29 is 78.7 Å². The van der Waals surface area contributed by atoms with E-state index >= 15 is 0 Å². The molecule has 0 spiro atoms. The van der Waals surface area contributed by atoms with Gasteiger partial charge >= 0.3 is 42.4 Å². The molecule has 2 aliphatic heterocycles. The number of aromatic nitrogens is 1. The molecule has 2 aromatic rings. The molecule has 0 radical (unpaired) electrons. The number of aliphatic carboxylic acids is 3. The number of carboxylic acids is 3. The summed E-state index contributed by atoms with van der Waals surface area (Å²) in [5.41, 5.74) is 1.73. The minimum Gasteiger partial charge on any atom is -0.475 e. The average Bonchev–Trinajstić information content (AvgIpc) is 3.57. The van der Waals surface area contributed by atoms with E-state index in [2.05, 4.69) is 44.4 Å². The maximum absolute atomic E-state index is 13.1. The number of nitrogens with zero attached hydrogens (tertiary/aromatic N) is 3. The van der Waals surface area contributed by atoms with Gasteiger partial charge in [-0.3, -0.25) is 19.6 Å². The number of rotatable bonds is 6. The number of hydrogen-bond donors (Lipinski definition) is 3. The van der Waals surface area contributed by atoms with Crippen LogP contribution in [0.5, 0.6) is 0 Å². The number of carboxylic acid groups (broad SMARTS) is 3. The molecule has 0 unspecified atom stereocenters. The summed E-state index contributed by atoms with van der Waals surface area (Å²) in [6, 6.07) is 10.5. The maximum Gasteiger partial charge on any atom is 0.490 e. The van der Waals surface area contributed by atoms with Gasteiger partial charge in [0, 0.05) is 49.2 Å². The number of ether oxygens (including phenoxy) is 1. The number of halogens is 9. The fraction of sp³-hybridized carbons (Fsp3) is 0.552. The first-order valence-electron chi connectivity index (χ1n) is 14.4. The standard InChI is InChI=1S/C23H31N3O2S.3C2HF3O2/c1-3-28-22(27)23-10-6-11-25(16-21-9-5-12-29-21)13-19(23)14-26(17-23)15-20-8-4-7-18(2)24-20;3*3-2(4,5)1(6)7/h4-5,7-9,12,19H,3,6,10-11,13-17H2,1-2H3;3*(H,6,7)/t19-,23-;;;/m0.../s1. The second-order valence-corrected chi connectivity index (χ2v) is 11.9. The van der Waals surface area contributed by atoms with Gasteiger partial charge < -0.3 is 20.1 Å². The zero-order chi connectivity index (χ0) is 38.5. The van der Waals surface area contributed by atoms with Gasteiger partial charge in [0.1, 0.15) is 0 Å². The Morgan fingerprint density at radius 3 is 1.82 bits per heavy atom. The van der Waals surface area contributed by atoms with Crippen LogP contribution < -0.4 is 0 Å². The minimum atomic E-state index is -5.08. The predicted molar refractivity (Wildman–Crippen MR) is 157 cm³/mol. The lowest BCUT2D eigenvalue weighted by Crippen LogP contribution is -2.42. The topological polar surface area (TPSA) is 158 Å². The molecule has 11 nitrogen and oxygen atoms in total. The van der Waals surface area contributed by atoms with E-state index in [1.54, 1.807) is 0 Å². The van der Waals surface area contributed by atoms with Crippen molar-refractivity contribution in [1.82, 2.24) is 14.8 Å². The summed E-state index contributed by atoms with van der Waals surface area (Å²) in [5.74, 6) is -7.97. The summed E-state index contributed by atoms with van der Waals surface area (Å²) >= 11 is 1.81. The Morgan fingerprint density at radius 2 is 1.38 bits per heavy atom. The van der Waals surface area contributed by atoms with Gasteiger partial charge in [0.15, 0.2) is 0 Å². The molecule has 0 aliphatic carbocycles. The molecule has 0 bridgehead atoms. The summed E-state index contributed by atoms with van der Waals surface area (Å²) < 4.78 is 101. The Hall–Kier alpha value is -3.98. The van der Waals surface area contributed by atoms with E-state index in [0.29, 0.717) is 12.5 Å². The fourth-order valence-electron chi connectivity index (χ4n) is 5.03. The first-order chi connectivity index (χ1) is 22.9. The van der Waals surface area contributed by atoms with Crippen molar-refractivity contribution in [1.29, 1.82) is 0 Å². The molecule has 0 amide bonds. The highest BCUT2D eigenvalue weighted by Crippen LogP contribution is 2.44. The van der Waals surface area contributed by atoms with Crippen molar-refractivity contribution in [2.75, 3.05) is 32.8 Å². The highest BCUT2D eigenvalue weighted by Gasteiger charge is 2.54. The molecule has 50 heavy (non-hydrogen) atoms. The van der Waals surface area contributed by atoms with Gasteiger partial charge in [-0.25, -0.2) is 14.4 Å². The Labute approximate surface area is 283 Å². The fourth-order valence-corrected chi connectivity index (χ4v) is 5.77. The van der Waals surface area contributed by atoms with Crippen molar-refractivity contribution in [2.24, 2.45) is 11.3 Å². The zero-order valence-corrected chi connectivity index (χ0v) is 27.3. The molecule has 4 heterocycles. The van der Waals surface area contributed by atoms with Crippen molar-refractivity contribution >= 4 is 35.2 Å². The average molecular weight is 756 g/mol. The number of pyridine rings is 1. The predicted octanol–water partition coefficient (Wildman–Crippen LogP) is 5.63. The van der Waals surface area contributed by atoms with Crippen molar-refractivity contribution in [3.05, 3.63) is 52.0 Å². The number of aryl methyl sites for hydroxylation is 1. The third-order valence-electron chi connectivity index (χ3n) is 7.04. The first-order valence-corrected chi connectivity index (χ1v) is 15.3. The molecule has 2 aromatic heterocycles. The maximum atomic E-state index is 13.1. The summed E-state index contributed by atoms with van der Waals surface area (Å²) in [7, 11) is 0. The number of hydrogen-bond acceptors (Lipinski definition) is 9. The number of carbonyl (C=O) groups is 4. The number of carbonyl (C=O) groups excluding carboxylic acids is 1. The molecule has 0 aromatic carbocycles. The first kappa shape index (κ1) is 44.0. The van der Waals surface area contributed by atoms with Gasteiger partial charge in [-0.05, 0) is 56.8 Å². The molecule has 2 fully saturated rings. The van der Waals surface area contributed by atoms with Gasteiger partial charge in [0.05, 0.1) is 17.7 Å². The van der Waals surface area contributed by atoms with Crippen LogP contribution >= 0.6 is 11.3 Å². The Morgan fingerprint density at radius 1 is 0.860 bits per heavy atom. The van der Waals surface area contributed by atoms with Gasteiger partial charge in [-0.15, -0.1) is 11.3 Å². The van der Waals surface area contributed by atoms with Crippen molar-refractivity contribution in [2.45, 2.75) is 58.3 Å². The van der Waals surface area contributed by atoms with Crippen LogP contribution in [-0.4, -0.2) is 105 Å². The number of alkyl halides is 9. The van der Waals surface area contributed by atoms with Crippen LogP contribution in [0.4, 0.5) is 39.5 Å². The van der Waals surface area contributed by atoms with Crippen LogP contribution in [0.15, 0.2) is 35.7 Å². The van der Waals surface area contributed by atoms with E-state index in [0.717, 1.165) is 63.5 Å². The minimum absolute atomic E-state index is 0.00248. The summed E-state index contributed by atoms with van der Waals surface area (Å²) in [6.07, 6.45) is -13.3. The highest BCUT2D eigenvalue weighted by molar-refractivity contribution is 7.09. The van der Waals surface area contributed by atoms with Crippen LogP contribution in [0.1, 0.15) is 36.0 Å². The highest BCUT2D eigenvalue weighted by atomic mass is 32.1. The molecule has 282 valence electrons. The SMILES string of the molecule is CCOC(=O)[C@]12CCCN(Cc3cccs3)C[C@H]1CN(Cc1cccc(C)n1)C2.O=C(O)C(F)(F)F.O=C(O)C(F)(F)F.O=C(O)C(F)(F)F. The van der Waals surface area contributed by atoms with Gasteiger partial charge in [0.2, 0.25) is 0 Å². The number of esters is 1. The quantitative estimate of drug-likeness (QED) is 0.248. The molecule has 21 heteroatoms. The second-order valence-electron chi connectivity index (χ2n) is 10.8. The summed E-state index contributed by atoms with van der Waals surface area (Å²) in [4.78, 5) is 50.9. The molecule has 0 saturated carbocycles. The monoisotopic (exact) mass is 755 g/mol. The normalized spacial score (nSPS) is 19.5. The van der Waals surface area contributed by atoms with E-state index in [-0.39, 0.29) is 11.4 Å². The molecule has 2 atom stereocenters. The van der Waals surface area contributed by atoms with Crippen LogP contribution in [0.3, 0.4) is 0 Å². The Balaban J connectivity index is 0.000000486. The largest absolute Gasteiger partial charge is 0.490 e. The smallest absolute Gasteiger partial charge is 0.475 e. The van der Waals surface area contributed by atoms with Gasteiger partial charge in [-0.1, -0.05) is 12.1 Å². The molecule has 3 N–H and O–H groups in total. The lowest BCUT2D eigenvalue weighted by Gasteiger charge is -2.31. The van der Waals surface area contributed by atoms with E-state index in [9.17, 15) is 44.3 Å². The van der Waals surface area contributed by atoms with E-state index < -0.39 is 36.4 Å². The molecular formula is C29H34F9N3O8S. The number of likely N-dealkylation sites (tertiary alicyclic amines) is 2. The molecule has 4 rings (SSSR count). The Bertz CT molecular complexity index is 1350. The molecule has 2 saturated heterocycles. The Kier molecular flexibility index (Phi) is 16.6. The van der Waals surface area contributed by atoms with E-state index in [4.69, 9.17) is 34.4 Å². The van der Waals surface area contributed by atoms with Crippen LogP contribution in [0.25, 0.3) is 0 Å². The van der Waals surface area contributed by atoms with Crippen LogP contribution in [0, 0.1) is 18.3 Å². The van der Waals surface area contributed by atoms with Crippen molar-refractivity contribution in [3.8, 4) is 0 Å². The van der Waals surface area contributed by atoms with E-state index in [1.807, 2.05) is 31.3 Å². The zero-order valence-electron chi connectivity index (χ0n) is 26.4. The van der Waals surface area contributed by atoms with Crippen molar-refractivity contribution in [3.63, 3.8) is 0 Å².